The minimum Gasteiger partial charge on any atom is -0.493 e. The molecule has 0 atom stereocenters. The number of rotatable bonds is 4. The van der Waals surface area contributed by atoms with Gasteiger partial charge >= 0.3 is 0 Å². The van der Waals surface area contributed by atoms with E-state index in [2.05, 4.69) is 5.32 Å². The van der Waals surface area contributed by atoms with Gasteiger partial charge in [-0.15, -0.1) is 0 Å². The summed E-state index contributed by atoms with van der Waals surface area (Å²) < 4.78 is 10.5. The molecule has 1 aliphatic heterocycles. The number of benzene rings is 1. The average Bonchev–Trinajstić information content (AvgIpc) is 2.46. The van der Waals surface area contributed by atoms with E-state index in [1.165, 1.54) is 0 Å². The van der Waals surface area contributed by atoms with Gasteiger partial charge in [-0.3, -0.25) is 4.79 Å². The zero-order chi connectivity index (χ0) is 13.0. The Morgan fingerprint density at radius 3 is 2.50 bits per heavy atom. The summed E-state index contributed by atoms with van der Waals surface area (Å²) in [6, 6.07) is 3.91. The lowest BCUT2D eigenvalue weighted by atomic mass is 9.89. The zero-order valence-corrected chi connectivity index (χ0v) is 10.9. The second kappa shape index (κ2) is 5.87. The highest BCUT2D eigenvalue weighted by Gasteiger charge is 2.19. The number of aldehydes is 1. The van der Waals surface area contributed by atoms with E-state index < -0.39 is 0 Å². The van der Waals surface area contributed by atoms with Crippen molar-refractivity contribution in [2.24, 2.45) is 0 Å². The van der Waals surface area contributed by atoms with Crippen LogP contribution in [0.2, 0.25) is 0 Å². The van der Waals surface area contributed by atoms with E-state index >= 15 is 0 Å². The van der Waals surface area contributed by atoms with E-state index in [0.717, 1.165) is 37.8 Å². The summed E-state index contributed by atoms with van der Waals surface area (Å²) in [5.74, 6) is 1.64. The number of carbonyl (C=O) groups is 1. The Balaban J connectivity index is 2.38. The first-order valence-electron chi connectivity index (χ1n) is 6.22. The minimum absolute atomic E-state index is 0.491. The molecule has 1 fully saturated rings. The predicted molar refractivity (Wildman–Crippen MR) is 69.8 cm³/mol. The number of hydrogen-bond donors (Lipinski definition) is 1. The molecule has 4 nitrogen and oxygen atoms in total. The molecule has 1 heterocycles. The molecule has 2 rings (SSSR count). The number of hydrogen-bond acceptors (Lipinski definition) is 4. The van der Waals surface area contributed by atoms with Crippen molar-refractivity contribution in [2.75, 3.05) is 27.3 Å². The number of nitrogens with one attached hydrogen (secondary N) is 1. The molecule has 0 amide bonds. The molecule has 0 radical (unpaired) electrons. The van der Waals surface area contributed by atoms with E-state index in [0.29, 0.717) is 23.0 Å². The fraction of sp³-hybridized carbons (Fsp3) is 0.500. The van der Waals surface area contributed by atoms with Gasteiger partial charge in [0.25, 0.3) is 0 Å². The van der Waals surface area contributed by atoms with Gasteiger partial charge in [-0.05, 0) is 49.5 Å². The Labute approximate surface area is 107 Å². The molecule has 0 spiro atoms. The minimum atomic E-state index is 0.491. The lowest BCUT2D eigenvalue weighted by molar-refractivity contribution is 0.112. The van der Waals surface area contributed by atoms with Gasteiger partial charge < -0.3 is 14.8 Å². The fourth-order valence-corrected chi connectivity index (χ4v) is 2.49. The van der Waals surface area contributed by atoms with Crippen molar-refractivity contribution < 1.29 is 14.3 Å². The number of carbonyl (C=O) groups excluding carboxylic acids is 1. The van der Waals surface area contributed by atoms with Crippen LogP contribution in [0.4, 0.5) is 0 Å². The van der Waals surface area contributed by atoms with Crippen molar-refractivity contribution in [2.45, 2.75) is 18.8 Å². The maximum Gasteiger partial charge on any atom is 0.171 e. The molecule has 0 saturated carbocycles. The Bertz CT molecular complexity index is 425. The normalized spacial score (nSPS) is 16.3. The second-order valence-corrected chi connectivity index (χ2v) is 4.49. The first-order chi connectivity index (χ1) is 8.80. The number of methoxy groups -OCH3 is 2. The SMILES string of the molecule is COc1cc(C2CCNCC2)cc(C=O)c1OC. The molecule has 4 heteroatoms. The summed E-state index contributed by atoms with van der Waals surface area (Å²) in [6.07, 6.45) is 3.01. The van der Waals surface area contributed by atoms with Gasteiger partial charge in [-0.1, -0.05) is 0 Å². The molecule has 1 aromatic rings. The Hall–Kier alpha value is -1.55. The van der Waals surface area contributed by atoms with Crippen LogP contribution in [0, 0.1) is 0 Å². The molecule has 1 N–H and O–H groups in total. The molecule has 98 valence electrons. The van der Waals surface area contributed by atoms with Gasteiger partial charge in [-0.2, -0.15) is 0 Å². The van der Waals surface area contributed by atoms with Crippen molar-refractivity contribution in [3.63, 3.8) is 0 Å². The predicted octanol–water partition coefficient (Wildman–Crippen LogP) is 1.98. The van der Waals surface area contributed by atoms with Gasteiger partial charge in [0, 0.05) is 0 Å². The third kappa shape index (κ3) is 2.48. The van der Waals surface area contributed by atoms with Crippen molar-refractivity contribution >= 4 is 6.29 Å². The summed E-state index contributed by atoms with van der Waals surface area (Å²) in [6.45, 7) is 2.05. The molecular formula is C14H19NO3. The standard InChI is InChI=1S/C14H19NO3/c1-17-13-8-11(10-3-5-15-6-4-10)7-12(9-16)14(13)18-2/h7-10,15H,3-6H2,1-2H3. The third-order valence-corrected chi connectivity index (χ3v) is 3.47. The monoisotopic (exact) mass is 249 g/mol. The second-order valence-electron chi connectivity index (χ2n) is 4.49. The summed E-state index contributed by atoms with van der Waals surface area (Å²) in [5, 5.41) is 3.34. The lowest BCUT2D eigenvalue weighted by Gasteiger charge is -2.24. The van der Waals surface area contributed by atoms with Gasteiger partial charge in [0.2, 0.25) is 0 Å². The van der Waals surface area contributed by atoms with Crippen molar-refractivity contribution in [1.82, 2.24) is 5.32 Å². The molecule has 1 aliphatic rings. The largest absolute Gasteiger partial charge is 0.493 e. The quantitative estimate of drug-likeness (QED) is 0.829. The maximum atomic E-state index is 11.1. The van der Waals surface area contributed by atoms with Crippen LogP contribution in [0.1, 0.15) is 34.7 Å². The molecule has 0 aromatic heterocycles. The number of piperidine rings is 1. The molecule has 0 bridgehead atoms. The van der Waals surface area contributed by atoms with Gasteiger partial charge in [-0.25, -0.2) is 0 Å². The Kier molecular flexibility index (Phi) is 4.20. The van der Waals surface area contributed by atoms with Crippen LogP contribution in [-0.4, -0.2) is 33.6 Å². The van der Waals surface area contributed by atoms with Gasteiger partial charge in [0.15, 0.2) is 17.8 Å². The van der Waals surface area contributed by atoms with E-state index in [-0.39, 0.29) is 0 Å². The Morgan fingerprint density at radius 1 is 1.22 bits per heavy atom. The van der Waals surface area contributed by atoms with Crippen molar-refractivity contribution in [1.29, 1.82) is 0 Å². The molecule has 1 saturated heterocycles. The first kappa shape index (κ1) is 12.9. The maximum absolute atomic E-state index is 11.1. The van der Waals surface area contributed by atoms with Crippen LogP contribution < -0.4 is 14.8 Å². The Morgan fingerprint density at radius 2 is 1.94 bits per heavy atom. The van der Waals surface area contributed by atoms with Crippen LogP contribution in [-0.2, 0) is 0 Å². The molecular weight excluding hydrogens is 230 g/mol. The van der Waals surface area contributed by atoms with Crippen LogP contribution in [0.25, 0.3) is 0 Å². The summed E-state index contributed by atoms with van der Waals surface area (Å²) in [4.78, 5) is 11.1. The van der Waals surface area contributed by atoms with Crippen LogP contribution >= 0.6 is 0 Å². The fourth-order valence-electron chi connectivity index (χ4n) is 2.49. The highest BCUT2D eigenvalue weighted by molar-refractivity contribution is 5.81. The summed E-state index contributed by atoms with van der Waals surface area (Å²) >= 11 is 0. The summed E-state index contributed by atoms with van der Waals surface area (Å²) in [5.41, 5.74) is 1.72. The highest BCUT2D eigenvalue weighted by Crippen LogP contribution is 2.36. The molecule has 0 unspecified atom stereocenters. The average molecular weight is 249 g/mol. The van der Waals surface area contributed by atoms with Crippen molar-refractivity contribution in [3.05, 3.63) is 23.3 Å². The van der Waals surface area contributed by atoms with Crippen LogP contribution in [0.3, 0.4) is 0 Å². The first-order valence-corrected chi connectivity index (χ1v) is 6.22. The third-order valence-electron chi connectivity index (χ3n) is 3.47. The van der Waals surface area contributed by atoms with E-state index in [1.54, 1.807) is 14.2 Å². The lowest BCUT2D eigenvalue weighted by Crippen LogP contribution is -2.26. The topological polar surface area (TPSA) is 47.6 Å². The smallest absolute Gasteiger partial charge is 0.171 e. The summed E-state index contributed by atoms with van der Waals surface area (Å²) in [7, 11) is 3.15. The molecule has 1 aromatic carbocycles. The molecule has 18 heavy (non-hydrogen) atoms. The van der Waals surface area contributed by atoms with E-state index in [4.69, 9.17) is 9.47 Å². The van der Waals surface area contributed by atoms with Crippen molar-refractivity contribution in [3.8, 4) is 11.5 Å². The van der Waals surface area contributed by atoms with E-state index in [1.807, 2.05) is 12.1 Å². The highest BCUT2D eigenvalue weighted by atomic mass is 16.5. The van der Waals surface area contributed by atoms with Gasteiger partial charge in [0.05, 0.1) is 19.8 Å². The zero-order valence-electron chi connectivity index (χ0n) is 10.9. The van der Waals surface area contributed by atoms with E-state index in [9.17, 15) is 4.79 Å². The number of ether oxygens (including phenoxy) is 2. The van der Waals surface area contributed by atoms with Crippen LogP contribution in [0.5, 0.6) is 11.5 Å². The van der Waals surface area contributed by atoms with Gasteiger partial charge in [0.1, 0.15) is 0 Å². The van der Waals surface area contributed by atoms with Crippen LogP contribution in [0.15, 0.2) is 12.1 Å². The molecule has 0 aliphatic carbocycles.